The molecule has 2 aliphatic rings. The average Bonchev–Trinajstić information content (AvgIpc) is 2.93. The molecule has 0 spiro atoms. The van der Waals surface area contributed by atoms with Crippen LogP contribution in [0, 0.1) is 0 Å². The Balaban J connectivity index is 1.80. The number of nitrogens with one attached hydrogen (secondary N) is 1. The minimum atomic E-state index is -1.64. The highest BCUT2D eigenvalue weighted by Gasteiger charge is 2.24. The Morgan fingerprint density at radius 3 is 2.84 bits per heavy atom. The molecule has 1 aromatic carbocycles. The lowest BCUT2D eigenvalue weighted by atomic mass is 9.99. The lowest BCUT2D eigenvalue weighted by Gasteiger charge is -2.22. The van der Waals surface area contributed by atoms with Crippen LogP contribution in [-0.2, 0) is 15.8 Å². The van der Waals surface area contributed by atoms with Gasteiger partial charge in [-0.2, -0.15) is 0 Å². The molecule has 2 aromatic rings. The number of hydrogen-bond donors (Lipinski definition) is 2. The first kappa shape index (κ1) is 16.0. The number of carbonyl (C=O) groups excluding carboxylic acids is 1. The maximum Gasteiger partial charge on any atom is 0.257 e. The number of nitrogens with zero attached hydrogens (tertiary/aromatic N) is 2. The number of carbonyl (C=O) groups is 1. The quantitative estimate of drug-likeness (QED) is 0.858. The van der Waals surface area contributed by atoms with Crippen molar-refractivity contribution in [3.63, 3.8) is 0 Å². The molecular weight excluding hydrogens is 338 g/mol. The van der Waals surface area contributed by atoms with Gasteiger partial charge in [-0.15, -0.1) is 0 Å². The Morgan fingerprint density at radius 2 is 2.16 bits per heavy atom. The van der Waals surface area contributed by atoms with Crippen molar-refractivity contribution in [3.8, 4) is 5.75 Å². The predicted molar refractivity (Wildman–Crippen MR) is 97.8 cm³/mol. The van der Waals surface area contributed by atoms with Gasteiger partial charge < -0.3 is 10.0 Å². The number of aromatic hydroxyl groups is 1. The molecule has 6 nitrogen and oxygen atoms in total. The van der Waals surface area contributed by atoms with E-state index in [2.05, 4.69) is 27.7 Å². The van der Waals surface area contributed by atoms with Gasteiger partial charge in [0, 0.05) is 42.4 Å². The summed E-state index contributed by atoms with van der Waals surface area (Å²) < 4.78 is 14.3. The maximum atomic E-state index is 12.0. The molecule has 0 saturated heterocycles. The third-order valence-electron chi connectivity index (χ3n) is 4.50. The monoisotopic (exact) mass is 355 g/mol. The largest absolute Gasteiger partial charge is 0.507 e. The van der Waals surface area contributed by atoms with Gasteiger partial charge in [0.25, 0.3) is 5.91 Å². The van der Waals surface area contributed by atoms with Crippen molar-refractivity contribution in [2.24, 2.45) is 0 Å². The number of benzene rings is 1. The summed E-state index contributed by atoms with van der Waals surface area (Å²) in [6.45, 7) is 1.91. The zero-order chi connectivity index (χ0) is 17.6. The third-order valence-corrected chi connectivity index (χ3v) is 5.63. The number of phenolic OH excluding ortho intramolecular Hbond substituents is 1. The highest BCUT2D eigenvalue weighted by Crippen LogP contribution is 2.33. The summed E-state index contributed by atoms with van der Waals surface area (Å²) >= 11 is 0. The van der Waals surface area contributed by atoms with Crippen molar-refractivity contribution in [2.75, 3.05) is 20.1 Å². The van der Waals surface area contributed by atoms with Crippen molar-refractivity contribution in [2.45, 2.75) is 6.42 Å². The standard InChI is InChI=1S/C18H17N3O3S/c1-21-4-2-11(3-5-21)13-6-12-7-14(16(22)8-15(12)19-10-13)17-9-18(23)20-25(17)24/h2,6-10,22H,3-5H2,1H3,(H,20,23). The zero-order valence-electron chi connectivity index (χ0n) is 13.7. The van der Waals surface area contributed by atoms with E-state index < -0.39 is 16.9 Å². The number of fused-ring (bicyclic) bond motifs is 1. The van der Waals surface area contributed by atoms with Crippen LogP contribution < -0.4 is 4.72 Å². The number of amides is 1. The smallest absolute Gasteiger partial charge is 0.257 e. The summed E-state index contributed by atoms with van der Waals surface area (Å²) in [6.07, 6.45) is 6.23. The first-order valence-corrected chi connectivity index (χ1v) is 9.11. The van der Waals surface area contributed by atoms with Crippen molar-refractivity contribution in [3.05, 3.63) is 47.7 Å². The second-order valence-electron chi connectivity index (χ2n) is 6.27. The molecule has 1 atom stereocenters. The summed E-state index contributed by atoms with van der Waals surface area (Å²) in [5.41, 5.74) is 3.35. The van der Waals surface area contributed by atoms with Crippen LogP contribution in [0.4, 0.5) is 0 Å². The van der Waals surface area contributed by atoms with Gasteiger partial charge in [0.2, 0.25) is 0 Å². The van der Waals surface area contributed by atoms with Gasteiger partial charge in [-0.1, -0.05) is 6.08 Å². The summed E-state index contributed by atoms with van der Waals surface area (Å²) in [6, 6.07) is 5.30. The fourth-order valence-electron chi connectivity index (χ4n) is 3.10. The fourth-order valence-corrected chi connectivity index (χ4v) is 4.03. The molecule has 128 valence electrons. The average molecular weight is 355 g/mol. The van der Waals surface area contributed by atoms with E-state index in [4.69, 9.17) is 0 Å². The van der Waals surface area contributed by atoms with Crippen molar-refractivity contribution >= 4 is 38.3 Å². The Hall–Kier alpha value is -2.51. The van der Waals surface area contributed by atoms with Crippen LogP contribution in [0.5, 0.6) is 5.75 Å². The summed E-state index contributed by atoms with van der Waals surface area (Å²) in [5, 5.41) is 11.1. The molecule has 0 fully saturated rings. The van der Waals surface area contributed by atoms with Crippen LogP contribution >= 0.6 is 0 Å². The molecule has 0 aliphatic carbocycles. The number of hydrogen-bond acceptors (Lipinski definition) is 5. The van der Waals surface area contributed by atoms with E-state index in [9.17, 15) is 14.1 Å². The van der Waals surface area contributed by atoms with Gasteiger partial charge in [0.15, 0.2) is 11.0 Å². The topological polar surface area (TPSA) is 82.5 Å². The molecular formula is C18H17N3O3S. The molecule has 3 heterocycles. The lowest BCUT2D eigenvalue weighted by Crippen LogP contribution is -2.23. The molecule has 2 aliphatic heterocycles. The molecule has 0 bridgehead atoms. The second-order valence-corrected chi connectivity index (χ2v) is 7.45. The van der Waals surface area contributed by atoms with E-state index in [1.165, 1.54) is 17.7 Å². The molecule has 25 heavy (non-hydrogen) atoms. The zero-order valence-corrected chi connectivity index (χ0v) is 14.5. The van der Waals surface area contributed by atoms with Crippen LogP contribution in [0.1, 0.15) is 17.5 Å². The second kappa shape index (κ2) is 6.09. The summed E-state index contributed by atoms with van der Waals surface area (Å²) in [4.78, 5) is 18.4. The number of likely N-dealkylation sites (N-methyl/N-ethyl adjacent to an activating group) is 1. The van der Waals surface area contributed by atoms with Crippen LogP contribution in [0.2, 0.25) is 0 Å². The van der Waals surface area contributed by atoms with Crippen molar-refractivity contribution in [1.29, 1.82) is 0 Å². The molecule has 1 aromatic heterocycles. The SMILES string of the molecule is CN1CC=C(c2cnc3cc(O)c(C4=CC(=O)NS4=O)cc3c2)CC1. The Labute approximate surface area is 147 Å². The van der Waals surface area contributed by atoms with Gasteiger partial charge >= 0.3 is 0 Å². The highest BCUT2D eigenvalue weighted by atomic mass is 32.2. The highest BCUT2D eigenvalue weighted by molar-refractivity contribution is 7.94. The molecule has 1 amide bonds. The van der Waals surface area contributed by atoms with E-state index in [-0.39, 0.29) is 10.7 Å². The van der Waals surface area contributed by atoms with E-state index >= 15 is 0 Å². The predicted octanol–water partition coefficient (Wildman–Crippen LogP) is 1.79. The molecule has 0 saturated carbocycles. The van der Waals surface area contributed by atoms with Crippen LogP contribution in [0.15, 0.2) is 36.5 Å². The fraction of sp³-hybridized carbons (Fsp3) is 0.222. The molecule has 4 rings (SSSR count). The summed E-state index contributed by atoms with van der Waals surface area (Å²) in [7, 11) is 0.445. The Kier molecular flexibility index (Phi) is 3.89. The van der Waals surface area contributed by atoms with E-state index in [1.54, 1.807) is 6.07 Å². The minimum absolute atomic E-state index is 0.0395. The van der Waals surface area contributed by atoms with Crippen molar-refractivity contribution < 1.29 is 14.1 Å². The maximum absolute atomic E-state index is 12.0. The van der Waals surface area contributed by atoms with Gasteiger partial charge in [-0.05, 0) is 36.7 Å². The first-order chi connectivity index (χ1) is 12.0. The van der Waals surface area contributed by atoms with Gasteiger partial charge in [-0.25, -0.2) is 4.21 Å². The number of pyridine rings is 1. The van der Waals surface area contributed by atoms with Crippen LogP contribution in [0.25, 0.3) is 21.4 Å². The van der Waals surface area contributed by atoms with Crippen LogP contribution in [0.3, 0.4) is 0 Å². The number of aromatic nitrogens is 1. The van der Waals surface area contributed by atoms with E-state index in [0.717, 1.165) is 30.5 Å². The lowest BCUT2D eigenvalue weighted by molar-refractivity contribution is -0.114. The van der Waals surface area contributed by atoms with Crippen molar-refractivity contribution in [1.82, 2.24) is 14.6 Å². The summed E-state index contributed by atoms with van der Waals surface area (Å²) in [5.74, 6) is -0.460. The van der Waals surface area contributed by atoms with Gasteiger partial charge in [0.1, 0.15) is 5.75 Å². The minimum Gasteiger partial charge on any atom is -0.507 e. The van der Waals surface area contributed by atoms with Crippen LogP contribution in [-0.4, -0.2) is 45.2 Å². The van der Waals surface area contributed by atoms with E-state index in [0.29, 0.717) is 11.1 Å². The Bertz CT molecular complexity index is 981. The van der Waals surface area contributed by atoms with Gasteiger partial charge in [-0.3, -0.25) is 14.5 Å². The Morgan fingerprint density at radius 1 is 1.32 bits per heavy atom. The molecule has 0 radical (unpaired) electrons. The first-order valence-electron chi connectivity index (χ1n) is 7.96. The molecule has 7 heteroatoms. The van der Waals surface area contributed by atoms with E-state index in [1.807, 2.05) is 12.3 Å². The molecule has 2 N–H and O–H groups in total. The third kappa shape index (κ3) is 2.96. The van der Waals surface area contributed by atoms with Gasteiger partial charge in [0.05, 0.1) is 10.4 Å². The normalized spacial score (nSPS) is 21.2. The molecule has 1 unspecified atom stereocenters. The number of rotatable bonds is 2. The number of phenols is 1.